The number of ketones is 1. The molecule has 1 amide bonds. The van der Waals surface area contributed by atoms with Crippen LogP contribution in [0, 0.1) is 0 Å². The maximum atomic E-state index is 13.6. The predicted octanol–water partition coefficient (Wildman–Crippen LogP) is 0.451. The van der Waals surface area contributed by atoms with E-state index < -0.39 is 45.0 Å². The number of likely N-dealkylation sites (N-methyl/N-ethyl adjacent to an activating group) is 1. The summed E-state index contributed by atoms with van der Waals surface area (Å²) in [5.74, 6) is 4.07. The van der Waals surface area contributed by atoms with Crippen LogP contribution in [0.2, 0.25) is 0 Å². The number of sulfone groups is 1. The smallest absolute Gasteiger partial charge is 0.226 e. The van der Waals surface area contributed by atoms with Gasteiger partial charge in [0.05, 0.1) is 30.0 Å². The summed E-state index contributed by atoms with van der Waals surface area (Å²) >= 11 is 0. The molecule has 4 rings (SSSR count). The Bertz CT molecular complexity index is 1230. The molecule has 34 heavy (non-hydrogen) atoms. The standard InChI is InChI=1S/C23H29N5O5S/c1-27(21-14-28(15-26-25)10-11-33-21)20(29)13-19(22(30)23(24)8-9-23)34(31,32)18-7-6-16-4-2-3-5-17(16)12-18/h2-7,12,15,19,21H,8-11,13-14,24-25H2,1H3. The van der Waals surface area contributed by atoms with Crippen molar-refractivity contribution in [2.75, 3.05) is 26.7 Å². The van der Waals surface area contributed by atoms with E-state index in [2.05, 4.69) is 5.10 Å². The van der Waals surface area contributed by atoms with Crippen molar-refractivity contribution in [1.29, 1.82) is 0 Å². The van der Waals surface area contributed by atoms with Crippen LogP contribution in [0.1, 0.15) is 19.3 Å². The molecule has 2 aliphatic rings. The van der Waals surface area contributed by atoms with E-state index in [4.69, 9.17) is 16.3 Å². The SMILES string of the molecule is CN(C(=O)CC(C(=O)C1(N)CC1)S(=O)(=O)c1ccc2ccccc2c1)C1CN(C=NN)CCO1. The van der Waals surface area contributed by atoms with Gasteiger partial charge in [-0.1, -0.05) is 30.3 Å². The summed E-state index contributed by atoms with van der Waals surface area (Å²) in [5.41, 5.74) is 4.90. The second-order valence-electron chi connectivity index (χ2n) is 8.86. The topological polar surface area (TPSA) is 148 Å². The summed E-state index contributed by atoms with van der Waals surface area (Å²) < 4.78 is 33.0. The van der Waals surface area contributed by atoms with Crippen LogP contribution in [0.3, 0.4) is 0 Å². The van der Waals surface area contributed by atoms with Gasteiger partial charge in [0, 0.05) is 13.6 Å². The molecule has 1 heterocycles. The Balaban J connectivity index is 1.61. The average Bonchev–Trinajstić information content (AvgIpc) is 3.60. The zero-order valence-corrected chi connectivity index (χ0v) is 19.8. The van der Waals surface area contributed by atoms with E-state index in [1.807, 2.05) is 18.2 Å². The van der Waals surface area contributed by atoms with E-state index in [0.717, 1.165) is 10.8 Å². The number of morpholine rings is 1. The highest BCUT2D eigenvalue weighted by atomic mass is 32.2. The van der Waals surface area contributed by atoms with Crippen LogP contribution in [-0.2, 0) is 24.2 Å². The lowest BCUT2D eigenvalue weighted by Crippen LogP contribution is -2.53. The summed E-state index contributed by atoms with van der Waals surface area (Å²) in [6, 6.07) is 12.0. The molecule has 10 nitrogen and oxygen atoms in total. The summed E-state index contributed by atoms with van der Waals surface area (Å²) in [4.78, 5) is 29.5. The number of rotatable bonds is 8. The summed E-state index contributed by atoms with van der Waals surface area (Å²) in [6.45, 7) is 1.23. The minimum Gasteiger partial charge on any atom is -0.355 e. The Morgan fingerprint density at radius 2 is 1.97 bits per heavy atom. The second-order valence-corrected chi connectivity index (χ2v) is 11.0. The molecule has 2 atom stereocenters. The summed E-state index contributed by atoms with van der Waals surface area (Å²) in [7, 11) is -2.66. The number of ether oxygens (including phenoxy) is 1. The van der Waals surface area contributed by atoms with Gasteiger partial charge in [-0.15, -0.1) is 0 Å². The normalized spacial score (nSPS) is 20.9. The number of nitrogens with two attached hydrogens (primary N) is 2. The van der Waals surface area contributed by atoms with Gasteiger partial charge in [-0.25, -0.2) is 8.42 Å². The van der Waals surface area contributed by atoms with Gasteiger partial charge in [0.1, 0.15) is 17.8 Å². The fraction of sp³-hybridized carbons (Fsp3) is 0.435. The lowest BCUT2D eigenvalue weighted by molar-refractivity contribution is -0.149. The van der Waals surface area contributed by atoms with Crippen molar-refractivity contribution < 1.29 is 22.7 Å². The number of Topliss-reactive ketones (excluding diaryl/α,β-unsaturated/α-hetero) is 1. The lowest BCUT2D eigenvalue weighted by atomic mass is 10.1. The fourth-order valence-corrected chi connectivity index (χ4v) is 5.86. The van der Waals surface area contributed by atoms with E-state index in [-0.39, 0.29) is 4.90 Å². The van der Waals surface area contributed by atoms with Gasteiger partial charge in [0.15, 0.2) is 15.6 Å². The third-order valence-corrected chi connectivity index (χ3v) is 8.53. The monoisotopic (exact) mass is 487 g/mol. The Labute approximate surface area is 198 Å². The summed E-state index contributed by atoms with van der Waals surface area (Å²) in [6.07, 6.45) is 1.10. The third-order valence-electron chi connectivity index (χ3n) is 6.49. The number of fused-ring (bicyclic) bond motifs is 1. The van der Waals surface area contributed by atoms with Crippen molar-refractivity contribution in [3.63, 3.8) is 0 Å². The molecule has 0 bridgehead atoms. The average molecular weight is 488 g/mol. The molecule has 1 saturated heterocycles. The highest BCUT2D eigenvalue weighted by molar-refractivity contribution is 7.92. The number of carbonyl (C=O) groups excluding carboxylic acids is 2. The van der Waals surface area contributed by atoms with Crippen molar-refractivity contribution in [3.05, 3.63) is 42.5 Å². The van der Waals surface area contributed by atoms with Crippen molar-refractivity contribution in [3.8, 4) is 0 Å². The lowest BCUT2D eigenvalue weighted by Gasteiger charge is -2.36. The number of carbonyl (C=O) groups is 2. The van der Waals surface area contributed by atoms with Gasteiger partial charge in [0.2, 0.25) is 5.91 Å². The van der Waals surface area contributed by atoms with Crippen LogP contribution < -0.4 is 11.6 Å². The molecule has 182 valence electrons. The van der Waals surface area contributed by atoms with E-state index >= 15 is 0 Å². The van der Waals surface area contributed by atoms with Crippen LogP contribution in [0.4, 0.5) is 0 Å². The first-order valence-electron chi connectivity index (χ1n) is 11.1. The molecule has 0 spiro atoms. The number of nitrogens with zero attached hydrogens (tertiary/aromatic N) is 3. The highest BCUT2D eigenvalue weighted by Gasteiger charge is 2.52. The number of hydrogen-bond donors (Lipinski definition) is 2. The van der Waals surface area contributed by atoms with Crippen LogP contribution in [0.25, 0.3) is 10.8 Å². The number of benzene rings is 2. The minimum atomic E-state index is -4.18. The zero-order valence-electron chi connectivity index (χ0n) is 19.0. The van der Waals surface area contributed by atoms with E-state index in [1.54, 1.807) is 17.0 Å². The molecule has 2 aromatic rings. The molecule has 2 aromatic carbocycles. The minimum absolute atomic E-state index is 0.0106. The first-order valence-corrected chi connectivity index (χ1v) is 12.6. The van der Waals surface area contributed by atoms with Gasteiger partial charge >= 0.3 is 0 Å². The number of amides is 1. The first kappa shape index (κ1) is 24.1. The highest BCUT2D eigenvalue weighted by Crippen LogP contribution is 2.37. The predicted molar refractivity (Wildman–Crippen MR) is 127 cm³/mol. The molecule has 2 fully saturated rings. The maximum Gasteiger partial charge on any atom is 0.226 e. The Morgan fingerprint density at radius 1 is 1.26 bits per heavy atom. The second kappa shape index (κ2) is 9.32. The van der Waals surface area contributed by atoms with E-state index in [1.165, 1.54) is 30.4 Å². The molecule has 1 saturated carbocycles. The van der Waals surface area contributed by atoms with Crippen LogP contribution in [0.5, 0.6) is 0 Å². The van der Waals surface area contributed by atoms with Crippen molar-refractivity contribution in [1.82, 2.24) is 9.80 Å². The van der Waals surface area contributed by atoms with Crippen molar-refractivity contribution >= 4 is 38.6 Å². The number of hydrogen-bond acceptors (Lipinski definition) is 8. The van der Waals surface area contributed by atoms with Crippen LogP contribution in [0.15, 0.2) is 52.5 Å². The van der Waals surface area contributed by atoms with Gasteiger partial charge < -0.3 is 26.1 Å². The van der Waals surface area contributed by atoms with Crippen molar-refractivity contribution in [2.24, 2.45) is 16.7 Å². The third kappa shape index (κ3) is 4.77. The van der Waals surface area contributed by atoms with Crippen molar-refractivity contribution in [2.45, 2.75) is 41.2 Å². The Morgan fingerprint density at radius 3 is 2.65 bits per heavy atom. The molecule has 11 heteroatoms. The van der Waals surface area contributed by atoms with Crippen LogP contribution >= 0.6 is 0 Å². The molecule has 1 aliphatic heterocycles. The van der Waals surface area contributed by atoms with Gasteiger partial charge in [-0.2, -0.15) is 5.10 Å². The largest absolute Gasteiger partial charge is 0.355 e. The Kier molecular flexibility index (Phi) is 6.61. The van der Waals surface area contributed by atoms with E-state index in [0.29, 0.717) is 32.5 Å². The molecular weight excluding hydrogens is 458 g/mol. The Hall–Kier alpha value is -3.02. The van der Waals surface area contributed by atoms with E-state index in [9.17, 15) is 18.0 Å². The molecule has 4 N–H and O–H groups in total. The first-order chi connectivity index (χ1) is 16.2. The molecular formula is C23H29N5O5S. The molecule has 1 aliphatic carbocycles. The van der Waals surface area contributed by atoms with Gasteiger partial charge in [0.25, 0.3) is 0 Å². The van der Waals surface area contributed by atoms with Gasteiger partial charge in [-0.3, -0.25) is 9.59 Å². The molecule has 0 aromatic heterocycles. The quantitative estimate of drug-likeness (QED) is 0.236. The molecule has 0 radical (unpaired) electrons. The zero-order chi connectivity index (χ0) is 24.5. The van der Waals surface area contributed by atoms with Gasteiger partial charge in [-0.05, 0) is 35.7 Å². The summed E-state index contributed by atoms with van der Waals surface area (Å²) in [5, 5.41) is 3.51. The number of hydrazone groups is 1. The maximum absolute atomic E-state index is 13.6. The molecule has 2 unspecified atom stereocenters. The fourth-order valence-electron chi connectivity index (χ4n) is 4.10. The van der Waals surface area contributed by atoms with Crippen LogP contribution in [-0.4, -0.2) is 80.0 Å².